The van der Waals surface area contributed by atoms with Gasteiger partial charge in [-0.3, -0.25) is 14.5 Å². The molecule has 0 bridgehead atoms. The van der Waals surface area contributed by atoms with E-state index in [1.54, 1.807) is 12.1 Å². The summed E-state index contributed by atoms with van der Waals surface area (Å²) in [5.41, 5.74) is 2.60. The standard InChI is InChI=1S/C25H19N3O4/c1-28-23(29)18-12-11-17(14-19(18)24(28)30)26-25(31)27-22(15-7-3-2-4-8-15)21-13-16-9-5-6-10-20(16)32-21/h2-14,22H,1H3,(H2,26,27,31). The molecular weight excluding hydrogens is 406 g/mol. The average Bonchev–Trinajstić information content (AvgIpc) is 3.33. The Bertz CT molecular complexity index is 1330. The van der Waals surface area contributed by atoms with Gasteiger partial charge in [0, 0.05) is 18.1 Å². The first-order valence-electron chi connectivity index (χ1n) is 10.1. The van der Waals surface area contributed by atoms with Crippen LogP contribution >= 0.6 is 0 Å². The molecule has 0 spiro atoms. The van der Waals surface area contributed by atoms with Crippen LogP contribution in [0.1, 0.15) is 38.1 Å². The summed E-state index contributed by atoms with van der Waals surface area (Å²) in [6.07, 6.45) is 0. The Morgan fingerprint density at radius 1 is 0.875 bits per heavy atom. The van der Waals surface area contributed by atoms with Gasteiger partial charge in [-0.25, -0.2) is 4.79 Å². The number of imide groups is 1. The van der Waals surface area contributed by atoms with Gasteiger partial charge in [0.05, 0.1) is 11.1 Å². The molecule has 7 heteroatoms. The number of carbonyl (C=O) groups is 3. The van der Waals surface area contributed by atoms with Crippen LogP contribution < -0.4 is 10.6 Å². The predicted molar refractivity (Wildman–Crippen MR) is 120 cm³/mol. The molecule has 1 unspecified atom stereocenters. The van der Waals surface area contributed by atoms with Crippen molar-refractivity contribution in [3.05, 3.63) is 101 Å². The lowest BCUT2D eigenvalue weighted by Gasteiger charge is -2.18. The van der Waals surface area contributed by atoms with Crippen molar-refractivity contribution >= 4 is 34.5 Å². The molecule has 0 saturated heterocycles. The Labute approximate surface area is 183 Å². The normalized spacial score (nSPS) is 13.8. The van der Waals surface area contributed by atoms with E-state index < -0.39 is 18.0 Å². The van der Waals surface area contributed by atoms with Gasteiger partial charge in [-0.05, 0) is 35.9 Å². The molecule has 0 radical (unpaired) electrons. The Balaban J connectivity index is 1.41. The Morgan fingerprint density at radius 2 is 1.59 bits per heavy atom. The number of hydrogen-bond acceptors (Lipinski definition) is 4. The fourth-order valence-corrected chi connectivity index (χ4v) is 3.85. The summed E-state index contributed by atoms with van der Waals surface area (Å²) in [6.45, 7) is 0. The summed E-state index contributed by atoms with van der Waals surface area (Å²) in [7, 11) is 1.43. The number of nitrogens with zero attached hydrogens (tertiary/aromatic N) is 1. The molecule has 0 aliphatic carbocycles. The summed E-state index contributed by atoms with van der Waals surface area (Å²) < 4.78 is 6.00. The topological polar surface area (TPSA) is 91.7 Å². The lowest BCUT2D eigenvalue weighted by Crippen LogP contribution is -2.33. The first-order chi connectivity index (χ1) is 15.5. The predicted octanol–water partition coefficient (Wildman–Crippen LogP) is 4.57. The number of amides is 4. The third-order valence-electron chi connectivity index (χ3n) is 5.48. The van der Waals surface area contributed by atoms with Gasteiger partial charge in [0.25, 0.3) is 11.8 Å². The van der Waals surface area contributed by atoms with Crippen LogP contribution in [0.15, 0.2) is 83.3 Å². The van der Waals surface area contributed by atoms with Crippen molar-refractivity contribution < 1.29 is 18.8 Å². The van der Waals surface area contributed by atoms with E-state index in [9.17, 15) is 14.4 Å². The third-order valence-corrected chi connectivity index (χ3v) is 5.48. The summed E-state index contributed by atoms with van der Waals surface area (Å²) in [5, 5.41) is 6.64. The number of para-hydroxylation sites is 1. The zero-order chi connectivity index (χ0) is 22.2. The summed E-state index contributed by atoms with van der Waals surface area (Å²) in [5.74, 6) is -0.141. The van der Waals surface area contributed by atoms with Gasteiger partial charge < -0.3 is 15.1 Å². The summed E-state index contributed by atoms with van der Waals surface area (Å²) in [4.78, 5) is 38.2. The highest BCUT2D eigenvalue weighted by molar-refractivity contribution is 6.21. The van der Waals surface area contributed by atoms with Crippen LogP contribution in [0.25, 0.3) is 11.0 Å². The van der Waals surface area contributed by atoms with Crippen molar-refractivity contribution in [3.63, 3.8) is 0 Å². The van der Waals surface area contributed by atoms with Gasteiger partial charge >= 0.3 is 6.03 Å². The summed E-state index contributed by atoms with van der Waals surface area (Å²) >= 11 is 0. The molecule has 2 N–H and O–H groups in total. The third kappa shape index (κ3) is 3.39. The van der Waals surface area contributed by atoms with Gasteiger partial charge in [-0.2, -0.15) is 0 Å². The van der Waals surface area contributed by atoms with E-state index in [0.717, 1.165) is 21.4 Å². The lowest BCUT2D eigenvalue weighted by molar-refractivity contribution is 0.0693. The second-order valence-electron chi connectivity index (χ2n) is 7.56. The van der Waals surface area contributed by atoms with E-state index in [1.165, 1.54) is 13.1 Å². The zero-order valence-electron chi connectivity index (χ0n) is 17.2. The molecule has 158 valence electrons. The van der Waals surface area contributed by atoms with E-state index in [0.29, 0.717) is 17.0 Å². The number of urea groups is 1. The Hall–Kier alpha value is -4.39. The van der Waals surface area contributed by atoms with Crippen LogP contribution in [0.5, 0.6) is 0 Å². The molecule has 32 heavy (non-hydrogen) atoms. The van der Waals surface area contributed by atoms with E-state index in [4.69, 9.17) is 4.42 Å². The van der Waals surface area contributed by atoms with E-state index in [2.05, 4.69) is 10.6 Å². The maximum atomic E-state index is 12.9. The van der Waals surface area contributed by atoms with Gasteiger partial charge in [-0.1, -0.05) is 48.5 Å². The largest absolute Gasteiger partial charge is 0.459 e. The minimum atomic E-state index is -0.521. The molecule has 4 aromatic rings. The second kappa shape index (κ2) is 7.70. The highest BCUT2D eigenvalue weighted by atomic mass is 16.3. The molecule has 1 aliphatic heterocycles. The van der Waals surface area contributed by atoms with Gasteiger partial charge in [0.2, 0.25) is 0 Å². The molecule has 5 rings (SSSR count). The molecule has 1 aliphatic rings. The quantitative estimate of drug-likeness (QED) is 0.469. The first kappa shape index (κ1) is 19.6. The van der Waals surface area contributed by atoms with Crippen molar-refractivity contribution in [2.24, 2.45) is 0 Å². The maximum absolute atomic E-state index is 12.9. The fourth-order valence-electron chi connectivity index (χ4n) is 3.85. The average molecular weight is 425 g/mol. The number of fused-ring (bicyclic) bond motifs is 2. The van der Waals surface area contributed by atoms with Crippen LogP contribution in [-0.4, -0.2) is 29.8 Å². The van der Waals surface area contributed by atoms with Gasteiger partial charge in [-0.15, -0.1) is 0 Å². The highest BCUT2D eigenvalue weighted by Crippen LogP contribution is 2.29. The molecule has 1 aromatic heterocycles. The van der Waals surface area contributed by atoms with Crippen LogP contribution in [-0.2, 0) is 0 Å². The Kier molecular flexibility index (Phi) is 4.71. The second-order valence-corrected chi connectivity index (χ2v) is 7.56. The van der Waals surface area contributed by atoms with Crippen molar-refractivity contribution in [1.82, 2.24) is 10.2 Å². The highest BCUT2D eigenvalue weighted by Gasteiger charge is 2.33. The van der Waals surface area contributed by atoms with Crippen molar-refractivity contribution in [3.8, 4) is 0 Å². The van der Waals surface area contributed by atoms with Crippen molar-refractivity contribution in [2.45, 2.75) is 6.04 Å². The number of carbonyl (C=O) groups excluding carboxylic acids is 3. The maximum Gasteiger partial charge on any atom is 0.320 e. The van der Waals surface area contributed by atoms with Crippen molar-refractivity contribution in [2.75, 3.05) is 12.4 Å². The fraction of sp³-hybridized carbons (Fsp3) is 0.0800. The SMILES string of the molecule is CN1C(=O)c2ccc(NC(=O)NC(c3ccccc3)c3cc4ccccc4o3)cc2C1=O. The minimum Gasteiger partial charge on any atom is -0.459 e. The molecule has 1 atom stereocenters. The first-order valence-corrected chi connectivity index (χ1v) is 10.1. The molecule has 0 fully saturated rings. The number of benzene rings is 3. The van der Waals surface area contributed by atoms with Crippen LogP contribution in [0.4, 0.5) is 10.5 Å². The van der Waals surface area contributed by atoms with Crippen LogP contribution in [0, 0.1) is 0 Å². The number of furan rings is 1. The number of anilines is 1. The van der Waals surface area contributed by atoms with Crippen LogP contribution in [0.3, 0.4) is 0 Å². The lowest BCUT2D eigenvalue weighted by atomic mass is 10.0. The molecular formula is C25H19N3O4. The number of hydrogen-bond donors (Lipinski definition) is 2. The molecule has 7 nitrogen and oxygen atoms in total. The monoisotopic (exact) mass is 425 g/mol. The molecule has 0 saturated carbocycles. The smallest absolute Gasteiger partial charge is 0.320 e. The molecule has 3 aromatic carbocycles. The zero-order valence-corrected chi connectivity index (χ0v) is 17.2. The number of nitrogens with one attached hydrogen (secondary N) is 2. The minimum absolute atomic E-state index is 0.271. The van der Waals surface area contributed by atoms with E-state index in [-0.39, 0.29) is 11.5 Å². The number of rotatable bonds is 4. The van der Waals surface area contributed by atoms with Crippen LogP contribution in [0.2, 0.25) is 0 Å². The van der Waals surface area contributed by atoms with E-state index in [1.807, 2.05) is 60.7 Å². The van der Waals surface area contributed by atoms with E-state index >= 15 is 0 Å². The Morgan fingerprint density at radius 3 is 2.38 bits per heavy atom. The van der Waals surface area contributed by atoms with Gasteiger partial charge in [0.1, 0.15) is 17.4 Å². The van der Waals surface area contributed by atoms with Crippen molar-refractivity contribution in [1.29, 1.82) is 0 Å². The summed E-state index contributed by atoms with van der Waals surface area (Å²) in [6, 6.07) is 22.7. The molecule has 4 amide bonds. The van der Waals surface area contributed by atoms with Gasteiger partial charge in [0.15, 0.2) is 0 Å². The molecule has 2 heterocycles.